The van der Waals surface area contributed by atoms with Crippen LogP contribution < -0.4 is 4.74 Å². The molecule has 0 unspecified atom stereocenters. The first kappa shape index (κ1) is 17.0. The first-order valence-electron chi connectivity index (χ1n) is 8.47. The number of hydrogen-bond donors (Lipinski definition) is 0. The number of nitrogens with zero attached hydrogens (tertiary/aromatic N) is 1. The number of likely N-dealkylation sites (tertiary alicyclic amines) is 1. The molecule has 0 aliphatic carbocycles. The van der Waals surface area contributed by atoms with Gasteiger partial charge in [-0.25, -0.2) is 0 Å². The van der Waals surface area contributed by atoms with Crippen molar-refractivity contribution in [2.75, 3.05) is 13.2 Å². The maximum atomic E-state index is 12.6. The van der Waals surface area contributed by atoms with Gasteiger partial charge >= 0.3 is 0 Å². The van der Waals surface area contributed by atoms with E-state index in [1.165, 1.54) is 0 Å². The summed E-state index contributed by atoms with van der Waals surface area (Å²) >= 11 is 0. The smallest absolute Gasteiger partial charge is 0.266 e. The summed E-state index contributed by atoms with van der Waals surface area (Å²) in [5, 5.41) is 0. The van der Waals surface area contributed by atoms with E-state index in [1.54, 1.807) is 0 Å². The van der Waals surface area contributed by atoms with Crippen molar-refractivity contribution in [2.24, 2.45) is 0 Å². The summed E-state index contributed by atoms with van der Waals surface area (Å²) in [6.45, 7) is 8.67. The maximum absolute atomic E-state index is 12.6. The van der Waals surface area contributed by atoms with E-state index in [-0.39, 0.29) is 18.1 Å². The molecule has 0 aromatic heterocycles. The summed E-state index contributed by atoms with van der Waals surface area (Å²) in [7, 11) is 0. The standard InChI is InChI=1S/C19H25NO4/c1-4-5-9-12-20-16(15-13-22-19(2,3)24-15)17(18(20)21)23-14-10-7-6-8-11-14/h4,6-8,10-11,15-17H,1,5,9,12-13H2,2-3H3/t15-,16+,17-/m1/s1. The highest BCUT2D eigenvalue weighted by molar-refractivity contribution is 5.89. The van der Waals surface area contributed by atoms with Crippen molar-refractivity contribution in [1.82, 2.24) is 4.90 Å². The Balaban J connectivity index is 1.72. The van der Waals surface area contributed by atoms with E-state index in [0.717, 1.165) is 12.8 Å². The summed E-state index contributed by atoms with van der Waals surface area (Å²) in [5.41, 5.74) is 0. The van der Waals surface area contributed by atoms with E-state index in [2.05, 4.69) is 6.58 Å². The molecule has 0 saturated carbocycles. The van der Waals surface area contributed by atoms with Gasteiger partial charge in [-0.1, -0.05) is 24.3 Å². The van der Waals surface area contributed by atoms with Gasteiger partial charge in [-0.2, -0.15) is 0 Å². The summed E-state index contributed by atoms with van der Waals surface area (Å²) < 4.78 is 17.6. The van der Waals surface area contributed by atoms with Crippen LogP contribution in [0.1, 0.15) is 26.7 Å². The molecule has 0 radical (unpaired) electrons. The Hall–Kier alpha value is -1.85. The normalized spacial score (nSPS) is 28.5. The van der Waals surface area contributed by atoms with Crippen LogP contribution >= 0.6 is 0 Å². The summed E-state index contributed by atoms with van der Waals surface area (Å²) in [5.74, 6) is 0.0962. The zero-order valence-electron chi connectivity index (χ0n) is 14.3. The molecular weight excluding hydrogens is 306 g/mol. The number of hydrogen-bond acceptors (Lipinski definition) is 4. The second-order valence-electron chi connectivity index (χ2n) is 6.67. The molecule has 130 valence electrons. The number of rotatable bonds is 7. The van der Waals surface area contributed by atoms with Crippen LogP contribution in [0.15, 0.2) is 43.0 Å². The molecule has 24 heavy (non-hydrogen) atoms. The molecule has 2 saturated heterocycles. The Kier molecular flexibility index (Phi) is 4.92. The third-order valence-electron chi connectivity index (χ3n) is 4.42. The molecule has 0 N–H and O–H groups in total. The molecule has 5 heteroatoms. The fraction of sp³-hybridized carbons (Fsp3) is 0.526. The molecule has 3 rings (SSSR count). The monoisotopic (exact) mass is 331 g/mol. The first-order valence-corrected chi connectivity index (χ1v) is 8.47. The summed E-state index contributed by atoms with van der Waals surface area (Å²) in [6.07, 6.45) is 2.96. The molecule has 5 nitrogen and oxygen atoms in total. The van der Waals surface area contributed by atoms with Gasteiger partial charge in [-0.05, 0) is 38.8 Å². The molecule has 0 spiro atoms. The third-order valence-corrected chi connectivity index (χ3v) is 4.42. The topological polar surface area (TPSA) is 48.0 Å². The van der Waals surface area contributed by atoms with Crippen LogP contribution in [-0.4, -0.2) is 48.0 Å². The van der Waals surface area contributed by atoms with Crippen molar-refractivity contribution in [1.29, 1.82) is 0 Å². The predicted molar refractivity (Wildman–Crippen MR) is 90.7 cm³/mol. The van der Waals surface area contributed by atoms with E-state index >= 15 is 0 Å². The lowest BCUT2D eigenvalue weighted by Crippen LogP contribution is -2.71. The average molecular weight is 331 g/mol. The molecule has 1 amide bonds. The number of carbonyl (C=O) groups is 1. The molecule has 1 aromatic carbocycles. The second-order valence-corrected chi connectivity index (χ2v) is 6.67. The van der Waals surface area contributed by atoms with E-state index < -0.39 is 11.9 Å². The van der Waals surface area contributed by atoms with Gasteiger partial charge in [0.15, 0.2) is 11.9 Å². The van der Waals surface area contributed by atoms with E-state index in [1.807, 2.05) is 55.2 Å². The minimum Gasteiger partial charge on any atom is -0.478 e. The zero-order valence-corrected chi connectivity index (χ0v) is 14.3. The largest absolute Gasteiger partial charge is 0.478 e. The van der Waals surface area contributed by atoms with Crippen molar-refractivity contribution in [3.8, 4) is 5.75 Å². The number of β-lactam (4-membered cyclic amide) rings is 1. The van der Waals surface area contributed by atoms with Gasteiger partial charge in [-0.15, -0.1) is 6.58 Å². The first-order chi connectivity index (χ1) is 11.5. The molecular formula is C19H25NO4. The van der Waals surface area contributed by atoms with Crippen molar-refractivity contribution in [2.45, 2.75) is 50.7 Å². The minimum atomic E-state index is -0.618. The van der Waals surface area contributed by atoms with Crippen LogP contribution in [0.25, 0.3) is 0 Å². The van der Waals surface area contributed by atoms with Crippen molar-refractivity contribution >= 4 is 5.91 Å². The number of para-hydroxylation sites is 1. The Morgan fingerprint density at radius 1 is 1.38 bits per heavy atom. The van der Waals surface area contributed by atoms with Crippen molar-refractivity contribution in [3.63, 3.8) is 0 Å². The van der Waals surface area contributed by atoms with Crippen LogP contribution in [0, 0.1) is 0 Å². The third kappa shape index (κ3) is 3.47. The number of unbranched alkanes of at least 4 members (excludes halogenated alkanes) is 1. The van der Waals surface area contributed by atoms with Gasteiger partial charge in [0.2, 0.25) is 0 Å². The number of amides is 1. The van der Waals surface area contributed by atoms with Crippen LogP contribution in [0.2, 0.25) is 0 Å². The quantitative estimate of drug-likeness (QED) is 0.438. The molecule has 3 atom stereocenters. The van der Waals surface area contributed by atoms with Crippen molar-refractivity contribution in [3.05, 3.63) is 43.0 Å². The molecule has 2 heterocycles. The van der Waals surface area contributed by atoms with Crippen LogP contribution in [0.5, 0.6) is 5.75 Å². The second kappa shape index (κ2) is 6.95. The van der Waals surface area contributed by atoms with Gasteiger partial charge < -0.3 is 19.1 Å². The summed E-state index contributed by atoms with van der Waals surface area (Å²) in [6, 6.07) is 9.32. The predicted octanol–water partition coefficient (Wildman–Crippen LogP) is 2.76. The van der Waals surface area contributed by atoms with Crippen LogP contribution in [0.3, 0.4) is 0 Å². The molecule has 2 aliphatic heterocycles. The number of ether oxygens (including phenoxy) is 3. The minimum absolute atomic E-state index is 0.0150. The molecule has 2 fully saturated rings. The highest BCUT2D eigenvalue weighted by Gasteiger charge is 2.56. The highest BCUT2D eigenvalue weighted by Crippen LogP contribution is 2.35. The molecule has 0 bridgehead atoms. The van der Waals surface area contributed by atoms with Crippen LogP contribution in [-0.2, 0) is 14.3 Å². The van der Waals surface area contributed by atoms with Gasteiger partial charge in [0.05, 0.1) is 6.61 Å². The molecule has 2 aliphatic rings. The Labute approximate surface area is 143 Å². The number of carbonyl (C=O) groups excluding carboxylic acids is 1. The fourth-order valence-electron chi connectivity index (χ4n) is 3.25. The van der Waals surface area contributed by atoms with Crippen LogP contribution in [0.4, 0.5) is 0 Å². The average Bonchev–Trinajstić information content (AvgIpc) is 2.92. The lowest BCUT2D eigenvalue weighted by atomic mass is 9.92. The SMILES string of the molecule is C=CCCCN1C(=O)[C@H](Oc2ccccc2)[C@@H]1[C@H]1COC(C)(C)O1. The number of allylic oxidation sites excluding steroid dienone is 1. The van der Waals surface area contributed by atoms with Crippen molar-refractivity contribution < 1.29 is 19.0 Å². The maximum Gasteiger partial charge on any atom is 0.266 e. The van der Waals surface area contributed by atoms with Gasteiger partial charge in [0.25, 0.3) is 5.91 Å². The Morgan fingerprint density at radius 2 is 2.12 bits per heavy atom. The van der Waals surface area contributed by atoms with Gasteiger partial charge in [-0.3, -0.25) is 4.79 Å². The van der Waals surface area contributed by atoms with E-state index in [9.17, 15) is 4.79 Å². The number of benzene rings is 1. The van der Waals surface area contributed by atoms with Gasteiger partial charge in [0, 0.05) is 6.54 Å². The lowest BCUT2D eigenvalue weighted by Gasteiger charge is -2.48. The lowest BCUT2D eigenvalue weighted by molar-refractivity contribution is -0.186. The highest BCUT2D eigenvalue weighted by atomic mass is 16.7. The zero-order chi connectivity index (χ0) is 17.2. The van der Waals surface area contributed by atoms with E-state index in [4.69, 9.17) is 14.2 Å². The molecule has 1 aromatic rings. The Bertz CT molecular complexity index is 586. The summed E-state index contributed by atoms with van der Waals surface area (Å²) in [4.78, 5) is 14.4. The Morgan fingerprint density at radius 3 is 2.75 bits per heavy atom. The van der Waals surface area contributed by atoms with Gasteiger partial charge in [0.1, 0.15) is 17.9 Å². The van der Waals surface area contributed by atoms with E-state index in [0.29, 0.717) is 18.9 Å². The fourth-order valence-corrected chi connectivity index (χ4v) is 3.25.